The summed E-state index contributed by atoms with van der Waals surface area (Å²) < 4.78 is 44.0. The molecule has 2 N–H and O–H groups in total. The van der Waals surface area contributed by atoms with E-state index in [2.05, 4.69) is 10.7 Å². The first-order valence-electron chi connectivity index (χ1n) is 11.1. The molecule has 0 radical (unpaired) electrons. The number of amides is 3. The number of para-hydroxylation sites is 1. The SMILES string of the molecule is CC(C)(C)c1ccc(C(=O)NN2C[C@H](C(=O)OCC(=O)Nc3ccccc3C(F)(F)F)CC2=O)cc1. The van der Waals surface area contributed by atoms with Crippen LogP contribution in [0.4, 0.5) is 18.9 Å². The van der Waals surface area contributed by atoms with Crippen molar-refractivity contribution in [3.8, 4) is 0 Å². The van der Waals surface area contributed by atoms with Gasteiger partial charge in [0.25, 0.3) is 11.8 Å². The molecule has 1 atom stereocenters. The summed E-state index contributed by atoms with van der Waals surface area (Å²) >= 11 is 0. The summed E-state index contributed by atoms with van der Waals surface area (Å²) in [7, 11) is 0. The zero-order valence-corrected chi connectivity index (χ0v) is 19.9. The number of ether oxygens (including phenoxy) is 1. The number of hydrogen-bond donors (Lipinski definition) is 2. The van der Waals surface area contributed by atoms with Gasteiger partial charge in [0.05, 0.1) is 23.7 Å². The Morgan fingerprint density at radius 1 is 1.03 bits per heavy atom. The number of carbonyl (C=O) groups is 4. The molecule has 3 amide bonds. The van der Waals surface area contributed by atoms with E-state index >= 15 is 0 Å². The Balaban J connectivity index is 1.52. The standard InChI is InChI=1S/C25H26F3N3O5/c1-24(2,3)17-10-8-15(9-11-17)22(34)30-31-13-16(12-21(31)33)23(35)36-14-20(32)29-19-7-5-4-6-18(19)25(26,27)28/h4-11,16H,12-14H2,1-3H3,(H,29,32)(H,30,34)/t16-/m1/s1. The van der Waals surface area contributed by atoms with Crippen LogP contribution in [-0.4, -0.2) is 41.9 Å². The molecule has 0 bridgehead atoms. The minimum absolute atomic E-state index is 0.0911. The summed E-state index contributed by atoms with van der Waals surface area (Å²) in [6.45, 7) is 5.12. The Kier molecular flexibility index (Phi) is 7.71. The van der Waals surface area contributed by atoms with Crippen LogP contribution in [0, 0.1) is 5.92 Å². The Labute approximate surface area is 205 Å². The predicted molar refractivity (Wildman–Crippen MR) is 123 cm³/mol. The van der Waals surface area contributed by atoms with E-state index in [0.29, 0.717) is 5.56 Å². The number of halogens is 3. The third kappa shape index (κ3) is 6.61. The van der Waals surface area contributed by atoms with Crippen molar-refractivity contribution in [1.82, 2.24) is 10.4 Å². The van der Waals surface area contributed by atoms with Gasteiger partial charge in [-0.1, -0.05) is 45.0 Å². The van der Waals surface area contributed by atoms with Crippen molar-refractivity contribution in [2.75, 3.05) is 18.5 Å². The number of nitrogens with one attached hydrogen (secondary N) is 2. The summed E-state index contributed by atoms with van der Waals surface area (Å²) in [5.41, 5.74) is 2.23. The van der Waals surface area contributed by atoms with Crippen LogP contribution in [-0.2, 0) is 30.7 Å². The Morgan fingerprint density at radius 2 is 1.67 bits per heavy atom. The van der Waals surface area contributed by atoms with E-state index < -0.39 is 53.6 Å². The molecule has 1 aliphatic heterocycles. The molecular weight excluding hydrogens is 479 g/mol. The fourth-order valence-electron chi connectivity index (χ4n) is 3.56. The number of alkyl halides is 3. The molecule has 0 saturated carbocycles. The van der Waals surface area contributed by atoms with Crippen molar-refractivity contribution < 1.29 is 37.1 Å². The number of carbonyl (C=O) groups excluding carboxylic acids is 4. The number of benzene rings is 2. The molecule has 2 aromatic rings. The molecular formula is C25H26F3N3O5. The summed E-state index contributed by atoms with van der Waals surface area (Å²) in [5, 5.41) is 3.07. The van der Waals surface area contributed by atoms with Gasteiger partial charge in [-0.25, -0.2) is 0 Å². The fourth-order valence-corrected chi connectivity index (χ4v) is 3.56. The number of nitrogens with zero attached hydrogens (tertiary/aromatic N) is 1. The molecule has 3 rings (SSSR count). The molecule has 2 aromatic carbocycles. The fraction of sp³-hybridized carbons (Fsp3) is 0.360. The van der Waals surface area contributed by atoms with Crippen LogP contribution in [0.5, 0.6) is 0 Å². The van der Waals surface area contributed by atoms with Gasteiger partial charge in [0, 0.05) is 12.0 Å². The van der Waals surface area contributed by atoms with Crippen molar-refractivity contribution in [3.05, 3.63) is 65.2 Å². The van der Waals surface area contributed by atoms with Crippen LogP contribution in [0.1, 0.15) is 48.7 Å². The van der Waals surface area contributed by atoms with Gasteiger partial charge in [-0.2, -0.15) is 13.2 Å². The molecule has 192 valence electrons. The second kappa shape index (κ2) is 10.4. The second-order valence-electron chi connectivity index (χ2n) is 9.37. The van der Waals surface area contributed by atoms with Gasteiger partial charge in [-0.05, 0) is 35.2 Å². The second-order valence-corrected chi connectivity index (χ2v) is 9.37. The van der Waals surface area contributed by atoms with Crippen molar-refractivity contribution in [3.63, 3.8) is 0 Å². The van der Waals surface area contributed by atoms with Crippen molar-refractivity contribution in [1.29, 1.82) is 0 Å². The summed E-state index contributed by atoms with van der Waals surface area (Å²) in [6.07, 6.45) is -4.92. The first-order valence-corrected chi connectivity index (χ1v) is 11.1. The van der Waals surface area contributed by atoms with E-state index in [1.54, 1.807) is 12.1 Å². The van der Waals surface area contributed by atoms with Gasteiger partial charge in [-0.3, -0.25) is 29.6 Å². The molecule has 0 aromatic heterocycles. The average Bonchev–Trinajstić information content (AvgIpc) is 3.16. The highest BCUT2D eigenvalue weighted by Crippen LogP contribution is 2.34. The normalized spacial score (nSPS) is 16.0. The highest BCUT2D eigenvalue weighted by atomic mass is 19.4. The largest absolute Gasteiger partial charge is 0.455 e. The number of hydrazine groups is 1. The van der Waals surface area contributed by atoms with Crippen molar-refractivity contribution in [2.24, 2.45) is 5.92 Å². The van der Waals surface area contributed by atoms with E-state index in [0.717, 1.165) is 22.7 Å². The number of esters is 1. The van der Waals surface area contributed by atoms with Gasteiger partial charge < -0.3 is 10.1 Å². The molecule has 36 heavy (non-hydrogen) atoms. The van der Waals surface area contributed by atoms with Crippen molar-refractivity contribution in [2.45, 2.75) is 38.8 Å². The number of anilines is 1. The lowest BCUT2D eigenvalue weighted by atomic mass is 9.87. The van der Waals surface area contributed by atoms with E-state index in [4.69, 9.17) is 4.74 Å². The van der Waals surface area contributed by atoms with Crippen LogP contribution in [0.15, 0.2) is 48.5 Å². The number of rotatable bonds is 6. The quantitative estimate of drug-likeness (QED) is 0.583. The van der Waals surface area contributed by atoms with Crippen LogP contribution >= 0.6 is 0 Å². The molecule has 0 spiro atoms. The molecule has 0 aliphatic carbocycles. The lowest BCUT2D eigenvalue weighted by Gasteiger charge is -2.20. The van der Waals surface area contributed by atoms with Gasteiger partial charge in [0.15, 0.2) is 6.61 Å². The monoisotopic (exact) mass is 505 g/mol. The lowest BCUT2D eigenvalue weighted by Crippen LogP contribution is -2.43. The lowest BCUT2D eigenvalue weighted by molar-refractivity contribution is -0.151. The van der Waals surface area contributed by atoms with E-state index in [-0.39, 0.29) is 18.4 Å². The molecule has 8 nitrogen and oxygen atoms in total. The van der Waals surface area contributed by atoms with Crippen LogP contribution in [0.2, 0.25) is 0 Å². The molecule has 1 heterocycles. The minimum atomic E-state index is -4.67. The third-order valence-electron chi connectivity index (χ3n) is 5.56. The maximum absolute atomic E-state index is 13.1. The minimum Gasteiger partial charge on any atom is -0.455 e. The van der Waals surface area contributed by atoms with E-state index in [1.807, 2.05) is 32.9 Å². The van der Waals surface area contributed by atoms with E-state index in [1.165, 1.54) is 12.1 Å². The Hall–Kier alpha value is -3.89. The van der Waals surface area contributed by atoms with Gasteiger partial charge in [0.1, 0.15) is 0 Å². The van der Waals surface area contributed by atoms with Crippen molar-refractivity contribution >= 4 is 29.4 Å². The zero-order chi connectivity index (χ0) is 26.7. The van der Waals surface area contributed by atoms with Crippen LogP contribution in [0.3, 0.4) is 0 Å². The smallest absolute Gasteiger partial charge is 0.418 e. The van der Waals surface area contributed by atoms with Gasteiger partial charge in [0.2, 0.25) is 5.91 Å². The summed E-state index contributed by atoms with van der Waals surface area (Å²) in [6, 6.07) is 11.3. The Morgan fingerprint density at radius 3 is 2.28 bits per heavy atom. The third-order valence-corrected chi connectivity index (χ3v) is 5.56. The van der Waals surface area contributed by atoms with Gasteiger partial charge in [-0.15, -0.1) is 0 Å². The maximum Gasteiger partial charge on any atom is 0.418 e. The first kappa shape index (κ1) is 26.7. The molecule has 1 fully saturated rings. The molecule has 1 saturated heterocycles. The highest BCUT2D eigenvalue weighted by Gasteiger charge is 2.37. The summed E-state index contributed by atoms with van der Waals surface area (Å²) in [4.78, 5) is 49.2. The van der Waals surface area contributed by atoms with E-state index in [9.17, 15) is 32.3 Å². The number of hydrogen-bond acceptors (Lipinski definition) is 5. The Bertz CT molecular complexity index is 1160. The van der Waals surface area contributed by atoms with Crippen LogP contribution in [0.25, 0.3) is 0 Å². The molecule has 1 aliphatic rings. The zero-order valence-electron chi connectivity index (χ0n) is 19.9. The van der Waals surface area contributed by atoms with Crippen LogP contribution < -0.4 is 10.7 Å². The first-order chi connectivity index (χ1) is 16.8. The summed E-state index contributed by atoms with van der Waals surface area (Å²) in [5.74, 6) is -3.83. The highest BCUT2D eigenvalue weighted by molar-refractivity contribution is 5.97. The topological polar surface area (TPSA) is 105 Å². The molecule has 0 unspecified atom stereocenters. The van der Waals surface area contributed by atoms with Gasteiger partial charge >= 0.3 is 12.1 Å². The maximum atomic E-state index is 13.1. The molecule has 11 heteroatoms. The predicted octanol–water partition coefficient (Wildman–Crippen LogP) is 3.68. The average molecular weight is 505 g/mol.